The molecule has 1 amide bonds. The van der Waals surface area contributed by atoms with Crippen LogP contribution in [0, 0.1) is 0 Å². The van der Waals surface area contributed by atoms with E-state index in [1.807, 2.05) is 4.90 Å². The lowest BCUT2D eigenvalue weighted by Gasteiger charge is -2.35. The van der Waals surface area contributed by atoms with Gasteiger partial charge in [0.05, 0.1) is 13.0 Å². The molecule has 88 valence electrons. The summed E-state index contributed by atoms with van der Waals surface area (Å²) >= 11 is 0. The van der Waals surface area contributed by atoms with Gasteiger partial charge in [-0.05, 0) is 32.2 Å². The minimum absolute atomic E-state index is 0.218. The fourth-order valence-corrected chi connectivity index (χ4v) is 2.15. The van der Waals surface area contributed by atoms with Crippen molar-refractivity contribution in [2.24, 2.45) is 5.73 Å². The fraction of sp³-hybridized carbons (Fsp3) is 0.909. The van der Waals surface area contributed by atoms with Gasteiger partial charge >= 0.3 is 0 Å². The van der Waals surface area contributed by atoms with Crippen molar-refractivity contribution in [3.8, 4) is 0 Å². The third kappa shape index (κ3) is 3.80. The number of amides is 1. The first-order valence-electron chi connectivity index (χ1n) is 5.78. The molecule has 0 aromatic rings. The first-order valence-corrected chi connectivity index (χ1v) is 5.78. The number of nitrogens with zero attached hydrogens (tertiary/aromatic N) is 1. The lowest BCUT2D eigenvalue weighted by Crippen LogP contribution is -2.44. The molecule has 1 rings (SSSR count). The number of carbonyl (C=O) groups is 1. The first-order chi connectivity index (χ1) is 7.29. The molecule has 0 spiro atoms. The van der Waals surface area contributed by atoms with Crippen LogP contribution >= 0.6 is 0 Å². The van der Waals surface area contributed by atoms with E-state index < -0.39 is 0 Å². The van der Waals surface area contributed by atoms with Gasteiger partial charge in [-0.3, -0.25) is 4.79 Å². The molecule has 1 aliphatic heterocycles. The Morgan fingerprint density at radius 3 is 3.00 bits per heavy atom. The second kappa shape index (κ2) is 6.80. The molecule has 0 bridgehead atoms. The van der Waals surface area contributed by atoms with Crippen molar-refractivity contribution in [1.82, 2.24) is 4.90 Å². The number of nitrogens with two attached hydrogens (primary N) is 1. The number of rotatable bonds is 5. The largest absolute Gasteiger partial charge is 0.384 e. The van der Waals surface area contributed by atoms with Crippen molar-refractivity contribution in [1.29, 1.82) is 0 Å². The lowest BCUT2D eigenvalue weighted by molar-refractivity contribution is -0.135. The summed E-state index contributed by atoms with van der Waals surface area (Å²) in [5.74, 6) is 0.218. The Kier molecular flexibility index (Phi) is 5.65. The zero-order valence-corrected chi connectivity index (χ0v) is 9.58. The number of hydrogen-bond donors (Lipinski definition) is 1. The van der Waals surface area contributed by atoms with Crippen LogP contribution in [-0.2, 0) is 9.53 Å². The van der Waals surface area contributed by atoms with E-state index in [9.17, 15) is 4.79 Å². The Morgan fingerprint density at radius 2 is 2.33 bits per heavy atom. The normalized spacial score (nSPS) is 21.7. The van der Waals surface area contributed by atoms with Gasteiger partial charge in [0.15, 0.2) is 0 Å². The standard InChI is InChI=1S/C11H22N2O2/c1-15-9-6-11(14)13-8-3-2-4-10(13)5-7-12/h10H,2-9,12H2,1H3. The highest BCUT2D eigenvalue weighted by Crippen LogP contribution is 2.19. The zero-order valence-electron chi connectivity index (χ0n) is 9.58. The van der Waals surface area contributed by atoms with Crippen LogP contribution < -0.4 is 5.73 Å². The summed E-state index contributed by atoms with van der Waals surface area (Å²) in [5.41, 5.74) is 5.56. The maximum Gasteiger partial charge on any atom is 0.225 e. The molecule has 0 aromatic carbocycles. The zero-order chi connectivity index (χ0) is 11.1. The highest BCUT2D eigenvalue weighted by molar-refractivity contribution is 5.76. The number of hydrogen-bond acceptors (Lipinski definition) is 3. The van der Waals surface area contributed by atoms with Crippen molar-refractivity contribution in [2.45, 2.75) is 38.1 Å². The minimum atomic E-state index is 0.218. The number of piperidine rings is 1. The summed E-state index contributed by atoms with van der Waals surface area (Å²) < 4.78 is 4.93. The number of methoxy groups -OCH3 is 1. The summed E-state index contributed by atoms with van der Waals surface area (Å²) in [7, 11) is 1.63. The molecule has 0 saturated carbocycles. The molecule has 0 aliphatic carbocycles. The van der Waals surface area contributed by atoms with Crippen LogP contribution in [0.4, 0.5) is 0 Å². The summed E-state index contributed by atoms with van der Waals surface area (Å²) in [6, 6.07) is 0.369. The van der Waals surface area contributed by atoms with Crippen LogP contribution in [0.15, 0.2) is 0 Å². The predicted octanol–water partition coefficient (Wildman–Crippen LogP) is 0.753. The molecule has 0 aromatic heterocycles. The lowest BCUT2D eigenvalue weighted by atomic mass is 9.99. The first kappa shape index (κ1) is 12.5. The Hall–Kier alpha value is -0.610. The molecule has 4 nitrogen and oxygen atoms in total. The van der Waals surface area contributed by atoms with Crippen molar-refractivity contribution in [2.75, 3.05) is 26.8 Å². The van der Waals surface area contributed by atoms with E-state index in [0.717, 1.165) is 25.8 Å². The Balaban J connectivity index is 2.43. The number of likely N-dealkylation sites (tertiary alicyclic amines) is 1. The van der Waals surface area contributed by atoms with Gasteiger partial charge in [0.1, 0.15) is 0 Å². The van der Waals surface area contributed by atoms with E-state index in [1.54, 1.807) is 7.11 Å². The van der Waals surface area contributed by atoms with E-state index in [4.69, 9.17) is 10.5 Å². The van der Waals surface area contributed by atoms with Crippen LogP contribution in [0.1, 0.15) is 32.1 Å². The molecular formula is C11H22N2O2. The average Bonchev–Trinajstić information content (AvgIpc) is 2.27. The Morgan fingerprint density at radius 1 is 1.53 bits per heavy atom. The third-order valence-electron chi connectivity index (χ3n) is 2.97. The minimum Gasteiger partial charge on any atom is -0.384 e. The Labute approximate surface area is 91.8 Å². The van der Waals surface area contributed by atoms with Crippen LogP contribution in [0.2, 0.25) is 0 Å². The van der Waals surface area contributed by atoms with Crippen molar-refractivity contribution < 1.29 is 9.53 Å². The topological polar surface area (TPSA) is 55.6 Å². The molecule has 1 saturated heterocycles. The summed E-state index contributed by atoms with van der Waals surface area (Å²) in [5, 5.41) is 0. The molecule has 1 unspecified atom stereocenters. The van der Waals surface area contributed by atoms with Crippen LogP contribution in [0.25, 0.3) is 0 Å². The molecule has 1 fully saturated rings. The molecule has 1 heterocycles. The van der Waals surface area contributed by atoms with Gasteiger partial charge in [0.2, 0.25) is 5.91 Å². The van der Waals surface area contributed by atoms with E-state index in [1.165, 1.54) is 6.42 Å². The number of ether oxygens (including phenoxy) is 1. The summed E-state index contributed by atoms with van der Waals surface area (Å²) in [6.45, 7) is 2.08. The molecule has 0 radical (unpaired) electrons. The SMILES string of the molecule is COCCC(=O)N1CCCCC1CCN. The highest BCUT2D eigenvalue weighted by atomic mass is 16.5. The van der Waals surface area contributed by atoms with Crippen molar-refractivity contribution in [3.05, 3.63) is 0 Å². The van der Waals surface area contributed by atoms with Gasteiger partial charge in [0, 0.05) is 19.7 Å². The monoisotopic (exact) mass is 214 g/mol. The van der Waals surface area contributed by atoms with Gasteiger partial charge in [0.25, 0.3) is 0 Å². The Bertz CT molecular complexity index is 195. The molecule has 15 heavy (non-hydrogen) atoms. The fourth-order valence-electron chi connectivity index (χ4n) is 2.15. The molecule has 4 heteroatoms. The second-order valence-corrected chi connectivity index (χ2v) is 4.06. The van der Waals surface area contributed by atoms with Crippen molar-refractivity contribution >= 4 is 5.91 Å². The van der Waals surface area contributed by atoms with Gasteiger partial charge in [-0.2, -0.15) is 0 Å². The van der Waals surface area contributed by atoms with Gasteiger partial charge in [-0.1, -0.05) is 0 Å². The van der Waals surface area contributed by atoms with Gasteiger partial charge in [-0.25, -0.2) is 0 Å². The van der Waals surface area contributed by atoms with Gasteiger partial charge < -0.3 is 15.4 Å². The van der Waals surface area contributed by atoms with Crippen LogP contribution in [-0.4, -0.2) is 43.7 Å². The van der Waals surface area contributed by atoms with E-state index in [-0.39, 0.29) is 5.91 Å². The molecular weight excluding hydrogens is 192 g/mol. The maximum absolute atomic E-state index is 11.8. The quantitative estimate of drug-likeness (QED) is 0.735. The maximum atomic E-state index is 11.8. The van der Waals surface area contributed by atoms with Gasteiger partial charge in [-0.15, -0.1) is 0 Å². The molecule has 2 N–H and O–H groups in total. The third-order valence-corrected chi connectivity index (χ3v) is 2.97. The smallest absolute Gasteiger partial charge is 0.225 e. The highest BCUT2D eigenvalue weighted by Gasteiger charge is 2.25. The molecule has 1 atom stereocenters. The summed E-state index contributed by atoms with van der Waals surface area (Å²) in [6.07, 6.45) is 4.88. The predicted molar refractivity (Wildman–Crippen MR) is 59.5 cm³/mol. The summed E-state index contributed by atoms with van der Waals surface area (Å²) in [4.78, 5) is 13.8. The van der Waals surface area contributed by atoms with E-state index in [0.29, 0.717) is 25.6 Å². The van der Waals surface area contributed by atoms with E-state index >= 15 is 0 Å². The van der Waals surface area contributed by atoms with Crippen molar-refractivity contribution in [3.63, 3.8) is 0 Å². The van der Waals surface area contributed by atoms with Crippen LogP contribution in [0.5, 0.6) is 0 Å². The number of carbonyl (C=O) groups excluding carboxylic acids is 1. The average molecular weight is 214 g/mol. The second-order valence-electron chi connectivity index (χ2n) is 4.06. The van der Waals surface area contributed by atoms with E-state index in [2.05, 4.69) is 0 Å². The van der Waals surface area contributed by atoms with Crippen LogP contribution in [0.3, 0.4) is 0 Å². The molecule has 1 aliphatic rings.